The fraction of sp³-hybridized carbons (Fsp3) is 0.400. The molecule has 1 fully saturated rings. The van der Waals surface area contributed by atoms with Gasteiger partial charge in [-0.3, -0.25) is 0 Å². The molecule has 1 aromatic carbocycles. The Morgan fingerprint density at radius 1 is 1.60 bits per heavy atom. The summed E-state index contributed by atoms with van der Waals surface area (Å²) < 4.78 is 5.61. The van der Waals surface area contributed by atoms with Crippen molar-refractivity contribution in [1.82, 2.24) is 0 Å². The molecule has 20 heavy (non-hydrogen) atoms. The molecule has 0 amide bonds. The van der Waals surface area contributed by atoms with Gasteiger partial charge in [0.2, 0.25) is 0 Å². The van der Waals surface area contributed by atoms with Crippen LogP contribution in [0.4, 0.5) is 5.69 Å². The number of anilines is 1. The quantitative estimate of drug-likeness (QED) is 0.848. The molecule has 1 atom stereocenters. The van der Waals surface area contributed by atoms with Crippen molar-refractivity contribution < 1.29 is 14.6 Å². The van der Waals surface area contributed by atoms with Gasteiger partial charge < -0.3 is 14.7 Å². The lowest BCUT2D eigenvalue weighted by atomic mass is 10.1. The van der Waals surface area contributed by atoms with Gasteiger partial charge in [-0.1, -0.05) is 17.7 Å². The third-order valence-corrected chi connectivity index (χ3v) is 3.61. The molecule has 1 N–H and O–H groups in total. The lowest BCUT2D eigenvalue weighted by Gasteiger charge is -2.23. The highest BCUT2D eigenvalue weighted by atomic mass is 35.5. The van der Waals surface area contributed by atoms with E-state index in [0.29, 0.717) is 5.02 Å². The molecule has 0 aromatic heterocycles. The number of carboxylic acids is 1. The molecule has 2 rings (SSSR count). The van der Waals surface area contributed by atoms with Gasteiger partial charge in [0.1, 0.15) is 0 Å². The number of carbonyl (C=O) groups is 1. The second-order valence-corrected chi connectivity index (χ2v) is 5.31. The van der Waals surface area contributed by atoms with Gasteiger partial charge in [0.15, 0.2) is 0 Å². The van der Waals surface area contributed by atoms with E-state index in [0.717, 1.165) is 43.3 Å². The summed E-state index contributed by atoms with van der Waals surface area (Å²) in [6, 6.07) is 5.52. The molecule has 1 aliphatic heterocycles. The second kappa shape index (κ2) is 6.77. The maximum atomic E-state index is 10.5. The van der Waals surface area contributed by atoms with Crippen molar-refractivity contribution in [3.05, 3.63) is 34.9 Å². The first-order valence-corrected chi connectivity index (χ1v) is 6.97. The number of ether oxygens (including phenoxy) is 1. The minimum Gasteiger partial charge on any atom is -0.478 e. The molecule has 1 unspecified atom stereocenters. The largest absolute Gasteiger partial charge is 0.478 e. The van der Waals surface area contributed by atoms with Crippen molar-refractivity contribution in [3.63, 3.8) is 0 Å². The number of rotatable bonds is 5. The van der Waals surface area contributed by atoms with Crippen LogP contribution in [-0.2, 0) is 9.53 Å². The molecule has 0 spiro atoms. The van der Waals surface area contributed by atoms with Crippen LogP contribution in [0.3, 0.4) is 0 Å². The maximum absolute atomic E-state index is 10.5. The highest BCUT2D eigenvalue weighted by molar-refractivity contribution is 6.33. The third-order valence-electron chi connectivity index (χ3n) is 3.30. The number of likely N-dealkylation sites (N-methyl/N-ethyl adjacent to an activating group) is 1. The van der Waals surface area contributed by atoms with Gasteiger partial charge in [0.25, 0.3) is 0 Å². The van der Waals surface area contributed by atoms with Gasteiger partial charge in [0, 0.05) is 26.3 Å². The average molecular weight is 296 g/mol. The number of aliphatic carboxylic acids is 1. The van der Waals surface area contributed by atoms with Gasteiger partial charge >= 0.3 is 5.97 Å². The van der Waals surface area contributed by atoms with Crippen molar-refractivity contribution in [2.45, 2.75) is 18.9 Å². The molecule has 1 saturated heterocycles. The van der Waals surface area contributed by atoms with E-state index in [2.05, 4.69) is 4.90 Å². The summed E-state index contributed by atoms with van der Waals surface area (Å²) in [6.45, 7) is 1.65. The highest BCUT2D eigenvalue weighted by Gasteiger charge is 2.18. The molecule has 1 heterocycles. The first kappa shape index (κ1) is 14.9. The zero-order valence-corrected chi connectivity index (χ0v) is 12.1. The van der Waals surface area contributed by atoms with Crippen molar-refractivity contribution in [1.29, 1.82) is 0 Å². The molecule has 5 heteroatoms. The Morgan fingerprint density at radius 2 is 2.40 bits per heavy atom. The van der Waals surface area contributed by atoms with Crippen LogP contribution >= 0.6 is 11.6 Å². The van der Waals surface area contributed by atoms with Crippen molar-refractivity contribution in [2.75, 3.05) is 25.1 Å². The van der Waals surface area contributed by atoms with E-state index < -0.39 is 5.97 Å². The molecule has 0 radical (unpaired) electrons. The monoisotopic (exact) mass is 295 g/mol. The van der Waals surface area contributed by atoms with E-state index in [1.54, 1.807) is 6.07 Å². The molecule has 0 bridgehead atoms. The minimum absolute atomic E-state index is 0.266. The van der Waals surface area contributed by atoms with Crippen LogP contribution in [0.15, 0.2) is 24.3 Å². The summed E-state index contributed by atoms with van der Waals surface area (Å²) in [5.41, 5.74) is 1.70. The molecule has 0 saturated carbocycles. The number of nitrogens with zero attached hydrogens (tertiary/aromatic N) is 1. The van der Waals surface area contributed by atoms with Crippen LogP contribution in [0.25, 0.3) is 6.08 Å². The van der Waals surface area contributed by atoms with Crippen molar-refractivity contribution in [3.8, 4) is 0 Å². The summed E-state index contributed by atoms with van der Waals surface area (Å²) in [6.07, 6.45) is 5.09. The predicted molar refractivity (Wildman–Crippen MR) is 80.4 cm³/mol. The summed E-state index contributed by atoms with van der Waals surface area (Å²) in [5.74, 6) is -0.972. The zero-order chi connectivity index (χ0) is 14.5. The lowest BCUT2D eigenvalue weighted by Crippen LogP contribution is -2.28. The van der Waals surface area contributed by atoms with Gasteiger partial charge in [-0.25, -0.2) is 4.79 Å². The summed E-state index contributed by atoms with van der Waals surface area (Å²) in [5, 5.41) is 9.21. The molecular formula is C15H18ClNO3. The SMILES string of the molecule is CN(CC1CCCO1)c1ccc(/C=C/C(=O)O)cc1Cl. The topological polar surface area (TPSA) is 49.8 Å². The predicted octanol–water partition coefficient (Wildman–Crippen LogP) is 3.05. The summed E-state index contributed by atoms with van der Waals surface area (Å²) in [7, 11) is 1.98. The van der Waals surface area contributed by atoms with Gasteiger partial charge in [-0.05, 0) is 36.6 Å². The Kier molecular flexibility index (Phi) is 5.04. The van der Waals surface area contributed by atoms with Gasteiger partial charge in [0.05, 0.1) is 16.8 Å². The maximum Gasteiger partial charge on any atom is 0.328 e. The van der Waals surface area contributed by atoms with Crippen LogP contribution in [0.2, 0.25) is 5.02 Å². The van der Waals surface area contributed by atoms with Gasteiger partial charge in [-0.15, -0.1) is 0 Å². The van der Waals surface area contributed by atoms with E-state index in [1.807, 2.05) is 19.2 Å². The van der Waals surface area contributed by atoms with Crippen LogP contribution in [-0.4, -0.2) is 37.4 Å². The fourth-order valence-corrected chi connectivity index (χ4v) is 2.63. The van der Waals surface area contributed by atoms with Crippen LogP contribution in [0, 0.1) is 0 Å². The molecule has 4 nitrogen and oxygen atoms in total. The van der Waals surface area contributed by atoms with E-state index in [4.69, 9.17) is 21.4 Å². The lowest BCUT2D eigenvalue weighted by molar-refractivity contribution is -0.131. The Morgan fingerprint density at radius 3 is 3.00 bits per heavy atom. The molecular weight excluding hydrogens is 278 g/mol. The normalized spacial score (nSPS) is 18.6. The number of carboxylic acid groups (broad SMARTS) is 1. The number of hydrogen-bond donors (Lipinski definition) is 1. The second-order valence-electron chi connectivity index (χ2n) is 4.90. The minimum atomic E-state index is -0.972. The Hall–Kier alpha value is -1.52. The van der Waals surface area contributed by atoms with E-state index >= 15 is 0 Å². The van der Waals surface area contributed by atoms with Crippen molar-refractivity contribution in [2.24, 2.45) is 0 Å². The smallest absolute Gasteiger partial charge is 0.328 e. The molecule has 1 aromatic rings. The summed E-state index contributed by atoms with van der Waals surface area (Å²) in [4.78, 5) is 12.6. The number of benzene rings is 1. The van der Waals surface area contributed by atoms with E-state index in [9.17, 15) is 4.79 Å². The van der Waals surface area contributed by atoms with Crippen molar-refractivity contribution >= 4 is 29.3 Å². The highest BCUT2D eigenvalue weighted by Crippen LogP contribution is 2.27. The number of halogens is 1. The average Bonchev–Trinajstić information content (AvgIpc) is 2.89. The number of hydrogen-bond acceptors (Lipinski definition) is 3. The Labute approximate surface area is 123 Å². The van der Waals surface area contributed by atoms with Gasteiger partial charge in [-0.2, -0.15) is 0 Å². The Balaban J connectivity index is 2.06. The fourth-order valence-electron chi connectivity index (χ4n) is 2.30. The Bertz CT molecular complexity index is 510. The molecule has 108 valence electrons. The van der Waals surface area contributed by atoms with E-state index in [-0.39, 0.29) is 6.10 Å². The van der Waals surface area contributed by atoms with Crippen LogP contribution in [0.1, 0.15) is 18.4 Å². The third kappa shape index (κ3) is 3.99. The summed E-state index contributed by atoms with van der Waals surface area (Å²) >= 11 is 6.26. The molecule has 1 aliphatic rings. The first-order valence-electron chi connectivity index (χ1n) is 6.59. The van der Waals surface area contributed by atoms with Crippen LogP contribution < -0.4 is 4.90 Å². The standard InChI is InChI=1S/C15H18ClNO3/c1-17(10-12-3-2-8-20-12)14-6-4-11(9-13(14)16)5-7-15(18)19/h4-7,9,12H,2-3,8,10H2,1H3,(H,18,19)/b7-5+. The van der Waals surface area contributed by atoms with E-state index in [1.165, 1.54) is 6.08 Å². The first-order chi connectivity index (χ1) is 9.56. The molecule has 0 aliphatic carbocycles. The van der Waals surface area contributed by atoms with Crippen LogP contribution in [0.5, 0.6) is 0 Å². The zero-order valence-electron chi connectivity index (χ0n) is 11.4.